The number of likely N-dealkylation sites (N-methyl/N-ethyl adjacent to an activating group) is 2. The summed E-state index contributed by atoms with van der Waals surface area (Å²) in [6.07, 6.45) is 5.35. The van der Waals surface area contributed by atoms with Crippen LogP contribution in [0.2, 0.25) is 0 Å². The maximum Gasteiger partial charge on any atom is 0.0504 e. The standard InChI is InChI=1S/C19H32N2/c1-6-21(7-2)19(10-8-9-11-19)18(20-5)17-13-15(3)12-16(4)14-17/h12-14,18,20H,6-11H2,1-5H3. The molecule has 0 bridgehead atoms. The zero-order valence-electron chi connectivity index (χ0n) is 14.5. The largest absolute Gasteiger partial charge is 0.311 e. The summed E-state index contributed by atoms with van der Waals surface area (Å²) in [5.41, 5.74) is 4.50. The highest BCUT2D eigenvalue weighted by Gasteiger charge is 2.44. The van der Waals surface area contributed by atoms with E-state index in [1.54, 1.807) is 0 Å². The van der Waals surface area contributed by atoms with Crippen LogP contribution in [0.1, 0.15) is 62.3 Å². The summed E-state index contributed by atoms with van der Waals surface area (Å²) in [6.45, 7) is 11.3. The summed E-state index contributed by atoms with van der Waals surface area (Å²) in [5, 5.41) is 3.66. The van der Waals surface area contributed by atoms with E-state index >= 15 is 0 Å². The Bertz CT molecular complexity index is 436. The van der Waals surface area contributed by atoms with Gasteiger partial charge in [0.25, 0.3) is 0 Å². The van der Waals surface area contributed by atoms with Crippen LogP contribution in [0.25, 0.3) is 0 Å². The highest BCUT2D eigenvalue weighted by Crippen LogP contribution is 2.44. The Labute approximate surface area is 130 Å². The molecule has 0 amide bonds. The van der Waals surface area contributed by atoms with Crippen LogP contribution >= 0.6 is 0 Å². The molecular weight excluding hydrogens is 256 g/mol. The van der Waals surface area contributed by atoms with E-state index in [9.17, 15) is 0 Å². The Morgan fingerprint density at radius 1 is 1.05 bits per heavy atom. The molecule has 0 saturated heterocycles. The first-order valence-corrected chi connectivity index (χ1v) is 8.58. The molecule has 1 unspecified atom stereocenters. The van der Waals surface area contributed by atoms with Crippen molar-refractivity contribution >= 4 is 0 Å². The number of nitrogens with zero attached hydrogens (tertiary/aromatic N) is 1. The summed E-state index contributed by atoms with van der Waals surface area (Å²) in [4.78, 5) is 2.69. The van der Waals surface area contributed by atoms with Crippen LogP contribution < -0.4 is 5.32 Å². The van der Waals surface area contributed by atoms with Crippen molar-refractivity contribution in [3.63, 3.8) is 0 Å². The molecule has 0 aromatic heterocycles. The quantitative estimate of drug-likeness (QED) is 0.843. The van der Waals surface area contributed by atoms with E-state index in [2.05, 4.69) is 63.2 Å². The van der Waals surface area contributed by atoms with Crippen molar-refractivity contribution in [2.75, 3.05) is 20.1 Å². The van der Waals surface area contributed by atoms with Gasteiger partial charge in [-0.15, -0.1) is 0 Å². The first-order chi connectivity index (χ1) is 10.1. The third kappa shape index (κ3) is 3.17. The fraction of sp³-hybridized carbons (Fsp3) is 0.684. The maximum absolute atomic E-state index is 3.66. The molecule has 118 valence electrons. The summed E-state index contributed by atoms with van der Waals surface area (Å²) in [6, 6.07) is 7.45. The van der Waals surface area contributed by atoms with Crippen LogP contribution in [0.3, 0.4) is 0 Å². The predicted octanol–water partition coefficient (Wildman–Crippen LogP) is 4.22. The highest BCUT2D eigenvalue weighted by molar-refractivity contribution is 5.33. The van der Waals surface area contributed by atoms with Gasteiger partial charge >= 0.3 is 0 Å². The van der Waals surface area contributed by atoms with Crippen LogP contribution in [0.4, 0.5) is 0 Å². The van der Waals surface area contributed by atoms with Gasteiger partial charge in [0.2, 0.25) is 0 Å². The van der Waals surface area contributed by atoms with Gasteiger partial charge in [0, 0.05) is 5.54 Å². The van der Waals surface area contributed by atoms with Crippen molar-refractivity contribution < 1.29 is 0 Å². The zero-order valence-corrected chi connectivity index (χ0v) is 14.5. The SMILES string of the molecule is CCN(CC)C1(C(NC)c2cc(C)cc(C)c2)CCCC1. The van der Waals surface area contributed by atoms with Crippen LogP contribution in [0.15, 0.2) is 18.2 Å². The minimum atomic E-state index is 0.290. The molecule has 0 heterocycles. The van der Waals surface area contributed by atoms with Gasteiger partial charge < -0.3 is 5.32 Å². The Balaban J connectivity index is 2.45. The van der Waals surface area contributed by atoms with Gasteiger partial charge in [-0.1, -0.05) is 56.0 Å². The molecule has 1 fully saturated rings. The van der Waals surface area contributed by atoms with E-state index in [0.717, 1.165) is 13.1 Å². The molecule has 0 radical (unpaired) electrons. The van der Waals surface area contributed by atoms with Crippen molar-refractivity contribution in [1.82, 2.24) is 10.2 Å². The molecule has 1 N–H and O–H groups in total. The fourth-order valence-corrected chi connectivity index (χ4v) is 4.55. The lowest BCUT2D eigenvalue weighted by molar-refractivity contribution is 0.0655. The molecule has 1 atom stereocenters. The molecule has 21 heavy (non-hydrogen) atoms. The Morgan fingerprint density at radius 3 is 2.00 bits per heavy atom. The topological polar surface area (TPSA) is 15.3 Å². The number of hydrogen-bond acceptors (Lipinski definition) is 2. The van der Waals surface area contributed by atoms with Crippen molar-refractivity contribution in [2.24, 2.45) is 0 Å². The summed E-state index contributed by atoms with van der Waals surface area (Å²) in [7, 11) is 2.13. The average Bonchev–Trinajstić information content (AvgIpc) is 2.90. The second-order valence-electron chi connectivity index (χ2n) is 6.63. The molecule has 2 heteroatoms. The average molecular weight is 288 g/mol. The second-order valence-corrected chi connectivity index (χ2v) is 6.63. The highest BCUT2D eigenvalue weighted by atomic mass is 15.2. The Kier molecular flexibility index (Phi) is 5.45. The Hall–Kier alpha value is -0.860. The monoisotopic (exact) mass is 288 g/mol. The Morgan fingerprint density at radius 2 is 1.57 bits per heavy atom. The normalized spacial score (nSPS) is 19.1. The summed E-state index contributed by atoms with van der Waals surface area (Å²) < 4.78 is 0. The zero-order chi connectivity index (χ0) is 15.5. The van der Waals surface area contributed by atoms with E-state index in [-0.39, 0.29) is 0 Å². The lowest BCUT2D eigenvalue weighted by Gasteiger charge is -2.46. The molecule has 2 rings (SSSR count). The summed E-state index contributed by atoms with van der Waals surface area (Å²) >= 11 is 0. The van der Waals surface area contributed by atoms with Gasteiger partial charge in [0.15, 0.2) is 0 Å². The van der Waals surface area contributed by atoms with E-state index in [0.29, 0.717) is 11.6 Å². The van der Waals surface area contributed by atoms with Gasteiger partial charge in [0.05, 0.1) is 6.04 Å². The number of aryl methyl sites for hydroxylation is 2. The molecule has 0 spiro atoms. The number of hydrogen-bond donors (Lipinski definition) is 1. The van der Waals surface area contributed by atoms with Gasteiger partial charge in [-0.05, 0) is 52.4 Å². The third-order valence-corrected chi connectivity index (χ3v) is 5.27. The van der Waals surface area contributed by atoms with Crippen molar-refractivity contribution in [1.29, 1.82) is 0 Å². The molecule has 1 aliphatic carbocycles. The first-order valence-electron chi connectivity index (χ1n) is 8.58. The van der Waals surface area contributed by atoms with E-state index in [1.165, 1.54) is 42.4 Å². The van der Waals surface area contributed by atoms with Crippen LogP contribution in [0, 0.1) is 13.8 Å². The molecular formula is C19H32N2. The van der Waals surface area contributed by atoms with E-state index in [1.807, 2.05) is 0 Å². The minimum Gasteiger partial charge on any atom is -0.311 e. The second kappa shape index (κ2) is 6.93. The van der Waals surface area contributed by atoms with E-state index in [4.69, 9.17) is 0 Å². The maximum atomic E-state index is 3.66. The molecule has 1 aromatic carbocycles. The molecule has 2 nitrogen and oxygen atoms in total. The van der Waals surface area contributed by atoms with Gasteiger partial charge in [-0.2, -0.15) is 0 Å². The lowest BCUT2D eigenvalue weighted by Crippen LogP contribution is -2.54. The van der Waals surface area contributed by atoms with Crippen LogP contribution in [0.5, 0.6) is 0 Å². The van der Waals surface area contributed by atoms with E-state index < -0.39 is 0 Å². The number of benzene rings is 1. The lowest BCUT2D eigenvalue weighted by atomic mass is 9.81. The van der Waals surface area contributed by atoms with Gasteiger partial charge in [-0.25, -0.2) is 0 Å². The fourth-order valence-electron chi connectivity index (χ4n) is 4.55. The van der Waals surface area contributed by atoms with Crippen LogP contribution in [-0.4, -0.2) is 30.6 Å². The predicted molar refractivity (Wildman–Crippen MR) is 91.8 cm³/mol. The van der Waals surface area contributed by atoms with Gasteiger partial charge in [0.1, 0.15) is 0 Å². The third-order valence-electron chi connectivity index (χ3n) is 5.27. The van der Waals surface area contributed by atoms with Crippen molar-refractivity contribution in [2.45, 2.75) is 65.0 Å². The summed E-state index contributed by atoms with van der Waals surface area (Å²) in [5.74, 6) is 0. The van der Waals surface area contributed by atoms with Crippen molar-refractivity contribution in [3.8, 4) is 0 Å². The smallest absolute Gasteiger partial charge is 0.0504 e. The van der Waals surface area contributed by atoms with Crippen LogP contribution in [-0.2, 0) is 0 Å². The first kappa shape index (κ1) is 16.5. The molecule has 1 aromatic rings. The molecule has 1 aliphatic rings. The molecule has 0 aliphatic heterocycles. The molecule has 1 saturated carbocycles. The minimum absolute atomic E-state index is 0.290. The number of rotatable bonds is 6. The number of nitrogens with one attached hydrogen (secondary N) is 1. The van der Waals surface area contributed by atoms with Crippen molar-refractivity contribution in [3.05, 3.63) is 34.9 Å². The van der Waals surface area contributed by atoms with Gasteiger partial charge in [-0.3, -0.25) is 4.90 Å².